The van der Waals surface area contributed by atoms with Crippen LogP contribution in [-0.4, -0.2) is 14.9 Å². The van der Waals surface area contributed by atoms with Crippen molar-refractivity contribution in [3.05, 3.63) is 47.8 Å². The number of hydrogen-bond acceptors (Lipinski definition) is 2. The van der Waals surface area contributed by atoms with Gasteiger partial charge in [0.15, 0.2) is 0 Å². The van der Waals surface area contributed by atoms with E-state index in [1.807, 2.05) is 41.2 Å². The van der Waals surface area contributed by atoms with Crippen molar-refractivity contribution in [1.82, 2.24) is 9.78 Å². The maximum atomic E-state index is 9.74. The topological polar surface area (TPSA) is 38.0 Å². The molecule has 1 aromatic carbocycles. The summed E-state index contributed by atoms with van der Waals surface area (Å²) in [6.07, 6.45) is 1.45. The van der Waals surface area contributed by atoms with Crippen molar-refractivity contribution >= 4 is 0 Å². The highest BCUT2D eigenvalue weighted by atomic mass is 16.3. The summed E-state index contributed by atoms with van der Waals surface area (Å²) in [5.41, 5.74) is 2.89. The molecule has 0 radical (unpaired) electrons. The number of aromatic nitrogens is 2. The summed E-state index contributed by atoms with van der Waals surface area (Å²) >= 11 is 0. The summed E-state index contributed by atoms with van der Waals surface area (Å²) in [5, 5.41) is 14.3. The second kappa shape index (κ2) is 4.72. The summed E-state index contributed by atoms with van der Waals surface area (Å²) < 4.78 is 1.83. The largest absolute Gasteiger partial charge is 0.389 e. The number of rotatable bonds is 3. The van der Waals surface area contributed by atoms with Gasteiger partial charge in [-0.3, -0.25) is 0 Å². The van der Waals surface area contributed by atoms with E-state index in [4.69, 9.17) is 0 Å². The Morgan fingerprint density at radius 1 is 1.12 bits per heavy atom. The van der Waals surface area contributed by atoms with Gasteiger partial charge in [0.05, 0.1) is 17.5 Å². The molecule has 1 unspecified atom stereocenters. The minimum absolute atomic E-state index is 0.412. The molecule has 0 bridgehead atoms. The minimum Gasteiger partial charge on any atom is -0.389 e. The van der Waals surface area contributed by atoms with Gasteiger partial charge in [-0.1, -0.05) is 32.0 Å². The van der Waals surface area contributed by atoms with Crippen LogP contribution < -0.4 is 0 Å². The van der Waals surface area contributed by atoms with Gasteiger partial charge in [0.2, 0.25) is 0 Å². The van der Waals surface area contributed by atoms with Crippen LogP contribution in [0.25, 0.3) is 5.69 Å². The van der Waals surface area contributed by atoms with Gasteiger partial charge in [-0.25, -0.2) is 4.68 Å². The molecule has 0 amide bonds. The van der Waals surface area contributed by atoms with Gasteiger partial charge < -0.3 is 5.11 Å². The maximum Gasteiger partial charge on any atom is 0.0782 e. The lowest BCUT2D eigenvalue weighted by Gasteiger charge is -2.11. The van der Waals surface area contributed by atoms with E-state index in [2.05, 4.69) is 18.9 Å². The monoisotopic (exact) mass is 230 g/mol. The highest BCUT2D eigenvalue weighted by molar-refractivity contribution is 5.41. The van der Waals surface area contributed by atoms with Gasteiger partial charge in [-0.2, -0.15) is 5.10 Å². The van der Waals surface area contributed by atoms with E-state index >= 15 is 0 Å². The Labute approximate surface area is 102 Å². The number of para-hydroxylation sites is 1. The third kappa shape index (κ3) is 2.39. The standard InChI is InChI=1S/C14H18N2O/c1-10(2)13-8-9-16(15-13)14-7-5-4-6-12(14)11(3)17/h4-11,17H,1-3H3. The zero-order valence-electron chi connectivity index (χ0n) is 10.5. The molecule has 1 atom stereocenters. The number of aliphatic hydroxyl groups excluding tert-OH is 1. The molecule has 1 heterocycles. The van der Waals surface area contributed by atoms with Gasteiger partial charge in [0.25, 0.3) is 0 Å². The van der Waals surface area contributed by atoms with Crippen molar-refractivity contribution in [3.63, 3.8) is 0 Å². The lowest BCUT2D eigenvalue weighted by Crippen LogP contribution is -2.03. The number of nitrogens with zero attached hydrogens (tertiary/aromatic N) is 2. The quantitative estimate of drug-likeness (QED) is 0.880. The second-order valence-electron chi connectivity index (χ2n) is 4.57. The fourth-order valence-electron chi connectivity index (χ4n) is 1.83. The van der Waals surface area contributed by atoms with E-state index in [1.54, 1.807) is 6.92 Å². The van der Waals surface area contributed by atoms with Crippen LogP contribution >= 0.6 is 0 Å². The first kappa shape index (κ1) is 11.9. The lowest BCUT2D eigenvalue weighted by molar-refractivity contribution is 0.199. The molecule has 0 fully saturated rings. The van der Waals surface area contributed by atoms with Gasteiger partial charge in [-0.15, -0.1) is 0 Å². The molecule has 2 aromatic rings. The molecule has 3 heteroatoms. The van der Waals surface area contributed by atoms with Crippen LogP contribution in [0.5, 0.6) is 0 Å². The molecule has 90 valence electrons. The Balaban J connectivity index is 2.45. The van der Waals surface area contributed by atoms with Crippen molar-refractivity contribution in [2.24, 2.45) is 0 Å². The van der Waals surface area contributed by atoms with Crippen LogP contribution in [0.1, 0.15) is 44.1 Å². The summed E-state index contributed by atoms with van der Waals surface area (Å²) in [5.74, 6) is 0.412. The SMILES string of the molecule is CC(C)c1ccn(-c2ccccc2C(C)O)n1. The van der Waals surface area contributed by atoms with Crippen molar-refractivity contribution < 1.29 is 5.11 Å². The lowest BCUT2D eigenvalue weighted by atomic mass is 10.1. The van der Waals surface area contributed by atoms with Crippen molar-refractivity contribution in [1.29, 1.82) is 0 Å². The number of hydrogen-bond donors (Lipinski definition) is 1. The fourth-order valence-corrected chi connectivity index (χ4v) is 1.83. The molecule has 0 saturated heterocycles. The molecule has 0 spiro atoms. The average Bonchev–Trinajstić information content (AvgIpc) is 2.78. The van der Waals surface area contributed by atoms with Crippen LogP contribution in [-0.2, 0) is 0 Å². The number of aliphatic hydroxyl groups is 1. The summed E-state index contributed by atoms with van der Waals surface area (Å²) in [6.45, 7) is 6.01. The fraction of sp³-hybridized carbons (Fsp3) is 0.357. The molecule has 1 aromatic heterocycles. The predicted octanol–water partition coefficient (Wildman–Crippen LogP) is 3.05. The minimum atomic E-state index is -0.488. The Kier molecular flexibility index (Phi) is 3.29. The molecule has 3 nitrogen and oxygen atoms in total. The van der Waals surface area contributed by atoms with Crippen molar-refractivity contribution in [2.45, 2.75) is 32.8 Å². The van der Waals surface area contributed by atoms with E-state index in [0.717, 1.165) is 16.9 Å². The highest BCUT2D eigenvalue weighted by Gasteiger charge is 2.10. The molecule has 0 aliphatic carbocycles. The summed E-state index contributed by atoms with van der Waals surface area (Å²) in [7, 11) is 0. The first-order chi connectivity index (χ1) is 8.09. The Hall–Kier alpha value is -1.61. The third-order valence-corrected chi connectivity index (χ3v) is 2.83. The Morgan fingerprint density at radius 2 is 1.82 bits per heavy atom. The van der Waals surface area contributed by atoms with Crippen LogP contribution in [0.2, 0.25) is 0 Å². The molecular weight excluding hydrogens is 212 g/mol. The van der Waals surface area contributed by atoms with E-state index in [9.17, 15) is 5.11 Å². The second-order valence-corrected chi connectivity index (χ2v) is 4.57. The Morgan fingerprint density at radius 3 is 2.41 bits per heavy atom. The molecule has 2 rings (SSSR count). The van der Waals surface area contributed by atoms with Crippen molar-refractivity contribution in [2.75, 3.05) is 0 Å². The third-order valence-electron chi connectivity index (χ3n) is 2.83. The summed E-state index contributed by atoms with van der Waals surface area (Å²) in [4.78, 5) is 0. The smallest absolute Gasteiger partial charge is 0.0782 e. The van der Waals surface area contributed by atoms with Crippen LogP contribution in [0.3, 0.4) is 0 Å². The molecule has 0 saturated carbocycles. The van der Waals surface area contributed by atoms with Gasteiger partial charge in [-0.05, 0) is 25.0 Å². The highest BCUT2D eigenvalue weighted by Crippen LogP contribution is 2.22. The number of benzene rings is 1. The Bertz CT molecular complexity index is 500. The van der Waals surface area contributed by atoms with Gasteiger partial charge in [0, 0.05) is 11.8 Å². The van der Waals surface area contributed by atoms with E-state index < -0.39 is 6.10 Å². The molecule has 0 aliphatic heterocycles. The molecular formula is C14H18N2O. The van der Waals surface area contributed by atoms with E-state index in [-0.39, 0.29) is 0 Å². The zero-order valence-corrected chi connectivity index (χ0v) is 10.5. The first-order valence-electron chi connectivity index (χ1n) is 5.92. The molecule has 1 N–H and O–H groups in total. The van der Waals surface area contributed by atoms with Crippen molar-refractivity contribution in [3.8, 4) is 5.69 Å². The van der Waals surface area contributed by atoms with Gasteiger partial charge in [0.1, 0.15) is 0 Å². The van der Waals surface area contributed by atoms with Crippen LogP contribution in [0.4, 0.5) is 0 Å². The summed E-state index contributed by atoms with van der Waals surface area (Å²) in [6, 6.07) is 9.80. The molecule has 17 heavy (non-hydrogen) atoms. The van der Waals surface area contributed by atoms with E-state index in [1.165, 1.54) is 0 Å². The van der Waals surface area contributed by atoms with E-state index in [0.29, 0.717) is 5.92 Å². The average molecular weight is 230 g/mol. The predicted molar refractivity (Wildman–Crippen MR) is 68.3 cm³/mol. The zero-order chi connectivity index (χ0) is 12.4. The van der Waals surface area contributed by atoms with Crippen LogP contribution in [0, 0.1) is 0 Å². The maximum absolute atomic E-state index is 9.74. The normalized spacial score (nSPS) is 13.0. The first-order valence-corrected chi connectivity index (χ1v) is 5.92. The molecule has 0 aliphatic rings. The van der Waals surface area contributed by atoms with Crippen LogP contribution in [0.15, 0.2) is 36.5 Å². The van der Waals surface area contributed by atoms with Gasteiger partial charge >= 0.3 is 0 Å².